The van der Waals surface area contributed by atoms with Gasteiger partial charge in [0.2, 0.25) is 23.0 Å². The van der Waals surface area contributed by atoms with Gasteiger partial charge in [0, 0.05) is 0 Å². The monoisotopic (exact) mass is 1030 g/mol. The van der Waals surface area contributed by atoms with E-state index >= 15 is 0 Å². The fourth-order valence-electron chi connectivity index (χ4n) is 9.17. The van der Waals surface area contributed by atoms with E-state index in [0.717, 1.165) is 0 Å². The molecule has 0 amide bonds. The minimum Gasteiger partial charge on any atom is -0.657 e. The van der Waals surface area contributed by atoms with Crippen LogP contribution < -0.4 is 66.8 Å². The summed E-state index contributed by atoms with van der Waals surface area (Å²) in [5, 5.41) is 0. The van der Waals surface area contributed by atoms with Crippen LogP contribution in [0.3, 0.4) is 0 Å². The molecule has 0 spiro atoms. The topological polar surface area (TPSA) is 165 Å². The van der Waals surface area contributed by atoms with E-state index in [2.05, 4.69) is 0 Å². The van der Waals surface area contributed by atoms with Crippen LogP contribution in [0.25, 0.3) is 90.9 Å². The number of aromatic nitrogens is 4. The van der Waals surface area contributed by atoms with Gasteiger partial charge in [-0.3, -0.25) is 0 Å². The molecule has 9 rings (SSSR count). The largest absolute Gasteiger partial charge is 2.00 e. The second-order valence-corrected chi connectivity index (χ2v) is 16.0. The van der Waals surface area contributed by atoms with Gasteiger partial charge in [0.05, 0.1) is 108 Å². The Hall–Kier alpha value is -8.40. The Morgan fingerprint density at radius 3 is 0.603 bits per heavy atom. The summed E-state index contributed by atoms with van der Waals surface area (Å²) < 4.78 is 70.1. The Labute approximate surface area is 432 Å². The summed E-state index contributed by atoms with van der Waals surface area (Å²) in [4.78, 5) is 21.7. The molecular formula is C56H52FeN4O12. The van der Waals surface area contributed by atoms with Crippen molar-refractivity contribution in [3.63, 3.8) is 0 Å². The van der Waals surface area contributed by atoms with Gasteiger partial charge in [-0.2, -0.15) is 0 Å². The molecule has 73 heavy (non-hydrogen) atoms. The molecule has 3 aromatic heterocycles. The van der Waals surface area contributed by atoms with Gasteiger partial charge in [-0.15, -0.1) is 22.1 Å². The summed E-state index contributed by atoms with van der Waals surface area (Å²) in [6.07, 6.45) is 7.79. The summed E-state index contributed by atoms with van der Waals surface area (Å²) in [5.74, 6) is 5.28. The maximum atomic E-state index is 5.89. The number of ether oxygens (including phenoxy) is 12. The number of nitrogens with zero attached hydrogens (tertiary/aromatic N) is 4. The molecule has 376 valence electrons. The van der Waals surface area contributed by atoms with Crippen LogP contribution in [0.15, 0.2) is 72.8 Å². The van der Waals surface area contributed by atoms with Crippen molar-refractivity contribution in [2.24, 2.45) is 0 Å². The van der Waals surface area contributed by atoms with Crippen molar-refractivity contribution in [2.75, 3.05) is 85.3 Å². The number of fused-ring (bicyclic) bond motifs is 8. The first-order valence-corrected chi connectivity index (χ1v) is 22.4. The van der Waals surface area contributed by atoms with Crippen molar-refractivity contribution in [3.8, 4) is 114 Å². The Morgan fingerprint density at radius 2 is 0.452 bits per heavy atom. The van der Waals surface area contributed by atoms with E-state index in [1.165, 1.54) is 0 Å². The van der Waals surface area contributed by atoms with Crippen LogP contribution in [0.2, 0.25) is 0 Å². The Bertz CT molecular complexity index is 2940. The van der Waals surface area contributed by atoms with Crippen molar-refractivity contribution in [1.82, 2.24) is 19.9 Å². The Balaban J connectivity index is 0.00000711. The molecule has 0 N–H and O–H groups in total. The predicted octanol–water partition coefficient (Wildman–Crippen LogP) is 10.7. The third-order valence-corrected chi connectivity index (χ3v) is 12.4. The molecule has 2 aliphatic rings. The third kappa shape index (κ3) is 9.02. The van der Waals surface area contributed by atoms with E-state index in [9.17, 15) is 0 Å². The first kappa shape index (κ1) is 51.0. The number of hydrogen-bond donors (Lipinski definition) is 0. The average Bonchev–Trinajstić information content (AvgIpc) is 4.28. The summed E-state index contributed by atoms with van der Waals surface area (Å²) in [6.45, 7) is 0. The summed E-state index contributed by atoms with van der Waals surface area (Å²) in [6, 6.07) is 22.8. The number of benzene rings is 4. The van der Waals surface area contributed by atoms with Crippen LogP contribution >= 0.6 is 0 Å². The maximum absolute atomic E-state index is 5.89. The SMILES string of the molecule is COc1cc(-c2c3nc(c(-c4cc(OC)c(OC)c(OC)c4)c4ccc([n-]4)c(-c4cc(OC)c(OC)c(OC)c4)c4nc(c(-c5cc(OC)c(OC)c(OC)c5)c5ccc2[n-]5)C=C4)C=C3)cc(OC)c1OC.[Fe+2]. The molecule has 0 unspecified atom stereocenters. The quantitative estimate of drug-likeness (QED) is 0.0839. The first-order valence-electron chi connectivity index (χ1n) is 22.4. The van der Waals surface area contributed by atoms with Gasteiger partial charge in [-0.25, -0.2) is 9.97 Å². The van der Waals surface area contributed by atoms with E-state index in [0.29, 0.717) is 158 Å². The Kier molecular flexibility index (Phi) is 15.0. The van der Waals surface area contributed by atoms with E-state index < -0.39 is 0 Å². The molecule has 0 radical (unpaired) electrons. The van der Waals surface area contributed by atoms with Gasteiger partial charge in [0.15, 0.2) is 46.0 Å². The molecule has 0 atom stereocenters. The third-order valence-electron chi connectivity index (χ3n) is 12.4. The van der Waals surface area contributed by atoms with Crippen LogP contribution in [0.5, 0.6) is 69.0 Å². The van der Waals surface area contributed by atoms with Gasteiger partial charge >= 0.3 is 17.1 Å². The molecule has 0 aliphatic carbocycles. The summed E-state index contributed by atoms with van der Waals surface area (Å²) in [7, 11) is 18.9. The fourth-order valence-corrected chi connectivity index (χ4v) is 9.17. The van der Waals surface area contributed by atoms with Crippen molar-refractivity contribution in [1.29, 1.82) is 0 Å². The predicted molar refractivity (Wildman–Crippen MR) is 277 cm³/mol. The zero-order valence-electron chi connectivity index (χ0n) is 42.3. The summed E-state index contributed by atoms with van der Waals surface area (Å²) >= 11 is 0. The first-order chi connectivity index (χ1) is 35.1. The van der Waals surface area contributed by atoms with Gasteiger partial charge in [0.1, 0.15) is 0 Å². The molecule has 0 fully saturated rings. The number of rotatable bonds is 16. The molecule has 5 heterocycles. The van der Waals surface area contributed by atoms with E-state index in [1.54, 1.807) is 85.3 Å². The molecule has 17 heteroatoms. The van der Waals surface area contributed by atoms with Gasteiger partial charge in [-0.05, 0) is 117 Å². The minimum absolute atomic E-state index is 0. The van der Waals surface area contributed by atoms with Crippen molar-refractivity contribution < 1.29 is 73.9 Å². The van der Waals surface area contributed by atoms with Gasteiger partial charge in [-0.1, -0.05) is 24.3 Å². The molecule has 0 saturated heterocycles. The maximum Gasteiger partial charge on any atom is 2.00 e. The van der Waals surface area contributed by atoms with E-state index in [-0.39, 0.29) is 17.1 Å². The molecular weight excluding hydrogens is 976 g/mol. The summed E-state index contributed by atoms with van der Waals surface area (Å²) in [5.41, 5.74) is 10.1. The van der Waals surface area contributed by atoms with E-state index in [4.69, 9.17) is 76.8 Å². The van der Waals surface area contributed by atoms with E-state index in [1.807, 2.05) is 97.1 Å². The normalized spacial score (nSPS) is 11.3. The van der Waals surface area contributed by atoms with Crippen molar-refractivity contribution >= 4 is 46.4 Å². The van der Waals surface area contributed by atoms with Crippen LogP contribution in [-0.4, -0.2) is 95.3 Å². The zero-order chi connectivity index (χ0) is 50.8. The standard InChI is InChI=1S/C56H52N4O12.Fe/c1-61-41-21-29(22-42(62-2)53(41)69-9)49-33-13-15-35(57-33)50(30-23-43(63-3)54(70-10)44(24-30)64-4)37-17-19-39(59-37)52(32-27-47(67-7)56(72-12)48(28-32)68-8)40-20-18-38(60-40)51(36-16-14-34(49)58-36)31-25-45(65-5)55(71-11)46(26-31)66-6;/h13-28H,1-12H3;/q-2;+2. The molecule has 7 aromatic rings. The number of hydrogen-bond acceptors (Lipinski definition) is 14. The van der Waals surface area contributed by atoms with Gasteiger partial charge < -0.3 is 66.8 Å². The molecule has 4 aromatic carbocycles. The van der Waals surface area contributed by atoms with Crippen LogP contribution in [0.1, 0.15) is 22.8 Å². The second kappa shape index (κ2) is 21.5. The van der Waals surface area contributed by atoms with Crippen LogP contribution in [-0.2, 0) is 17.1 Å². The molecule has 0 saturated carbocycles. The smallest absolute Gasteiger partial charge is 0.657 e. The molecule has 2 aliphatic heterocycles. The number of methoxy groups -OCH3 is 12. The zero-order valence-corrected chi connectivity index (χ0v) is 43.4. The van der Waals surface area contributed by atoms with Crippen LogP contribution in [0.4, 0.5) is 0 Å². The second-order valence-electron chi connectivity index (χ2n) is 16.0. The molecule has 16 nitrogen and oxygen atoms in total. The van der Waals surface area contributed by atoms with Crippen LogP contribution in [0, 0.1) is 0 Å². The molecule has 8 bridgehead atoms. The Morgan fingerprint density at radius 1 is 0.274 bits per heavy atom. The fraction of sp³-hybridized carbons (Fsp3) is 0.214. The van der Waals surface area contributed by atoms with Crippen molar-refractivity contribution in [3.05, 3.63) is 95.6 Å². The minimum atomic E-state index is 0. The average molecular weight is 1030 g/mol. The van der Waals surface area contributed by atoms with Crippen molar-refractivity contribution in [2.45, 2.75) is 0 Å². The van der Waals surface area contributed by atoms with Gasteiger partial charge in [0.25, 0.3) is 0 Å².